The SMILES string of the molecule is [2H]c1cc(-c2c([2H])c([2H])c([2H])c([2H])c2[2H])c(N2c3cc(N(c4c([2H])c([2H])c([2H])c([2H])c4[2H])c4c([2H])c([2H])c([2H])c([2H])c4[2H])cc4c3B(c3cc5c(c(C(F)(F)F)c32)Sc2cc(N(c3c([2H])c([2H])c([2H])c([2H])c3[2H])c3c([2H])c([2H])c([2H])c([2H])c3[2H])cc3c2B5c2c([2H])c([2H])c([2H])c([2H])c2N3c2c([2H])c([2H])c([2H])c([2H])c2[2H])c2c([2H])c([2H])c([2H])c([2H])c2N4c2c([2H])c([2H])c([2H])c([2H])c2[2H])c([2H])c1[2H]. The number of benzene rings is 13. The highest BCUT2D eigenvalue weighted by atomic mass is 32.2. The molecule has 0 radical (unpaired) electrons. The maximum Gasteiger partial charge on any atom is 0.419 e. The molecule has 0 saturated carbocycles. The highest BCUT2D eigenvalue weighted by Crippen LogP contribution is 2.56. The van der Waals surface area contributed by atoms with Crippen molar-refractivity contribution in [2.75, 3.05) is 24.5 Å². The summed E-state index contributed by atoms with van der Waals surface area (Å²) < 4.78 is 492. The normalized spacial score (nSPS) is 20.3. The van der Waals surface area contributed by atoms with Crippen LogP contribution in [-0.4, -0.2) is 13.4 Å². The number of anilines is 15. The second kappa shape index (κ2) is 21.5. The van der Waals surface area contributed by atoms with Gasteiger partial charge in [0.1, 0.15) is 0 Å². The minimum atomic E-state index is -6.30. The van der Waals surface area contributed by atoms with E-state index in [-0.39, 0.29) is 11.8 Å². The first-order chi connectivity index (χ1) is 63.4. The molecule has 0 atom stereocenters. The van der Waals surface area contributed by atoms with E-state index in [4.69, 9.17) is 26.0 Å². The number of nitrogens with zero attached hydrogens (tertiary/aromatic N) is 5. The lowest BCUT2D eigenvalue weighted by Gasteiger charge is -2.47. The largest absolute Gasteiger partial charge is 0.419 e. The van der Waals surface area contributed by atoms with Crippen molar-refractivity contribution >= 4 is 143 Å². The molecule has 0 spiro atoms. The third-order valence-corrected chi connectivity index (χ3v) is 16.3. The molecule has 13 aromatic carbocycles. The van der Waals surface area contributed by atoms with Gasteiger partial charge in [-0.3, -0.25) is 0 Å². The van der Waals surface area contributed by atoms with Gasteiger partial charge in [-0.05, 0) is 148 Å². The standard InChI is InChI=1S/C79H52B2F3N5S/c82-79(83,84)74-77-65(52-66-78(74)90-73-51-61(86(56-34-14-4-15-35-56)57-36-16-5-17-37-57)50-72-76(73)81(66)64-44-24-27-47-69(64)88(72)59-40-20-7-21-41-59)80-63-43-23-26-46-68(63)87(58-38-18-6-19-39-58)70-48-60(85(54-30-10-2-11-31-54)55-32-12-3-13-33-55)49-71(75(70)80)89(77)67-45-25-22-42-62(67)53-28-8-1-9-29-53/h1-52H/i1D,2D,3D,4D,5D,6D,7D,8D,9D,10D,11D,12D,13D,14D,15D,16D,17D,18D,19D,20D,21D,22D,23D,24D,25D,26D,27D,28D,29D,30D,31D,32D,33D,34D,35D,36D,37D,38D,39D,40D,41D,43D,44D,45D,46D,47D. The van der Waals surface area contributed by atoms with Gasteiger partial charge in [0.15, 0.2) is 0 Å². The summed E-state index contributed by atoms with van der Waals surface area (Å²) in [6.07, 6.45) is -6.30. The minimum Gasteiger partial charge on any atom is -0.311 e. The molecule has 0 unspecified atom stereocenters. The number of rotatable bonds is 10. The summed E-state index contributed by atoms with van der Waals surface area (Å²) in [4.78, 5) is 0.380. The van der Waals surface area contributed by atoms with Crippen LogP contribution in [0, 0.1) is 0 Å². The molecule has 4 heterocycles. The monoisotopic (exact) mass is 1230 g/mol. The zero-order valence-electron chi connectivity index (χ0n) is 90.9. The fourth-order valence-electron chi connectivity index (χ4n) is 11.9. The molecule has 11 heteroatoms. The Morgan fingerprint density at radius 1 is 0.344 bits per heavy atom. The first-order valence-corrected chi connectivity index (χ1v) is 27.3. The van der Waals surface area contributed by atoms with Crippen LogP contribution in [0.25, 0.3) is 11.1 Å². The summed E-state index contributed by atoms with van der Waals surface area (Å²) in [7, 11) is 0. The number of hydrogen-bond donors (Lipinski definition) is 0. The van der Waals surface area contributed by atoms with Gasteiger partial charge in [0.25, 0.3) is 6.71 Å². The molecular weight excluding hydrogens is 1130 g/mol. The van der Waals surface area contributed by atoms with E-state index in [0.29, 0.717) is 36.6 Å². The molecule has 17 rings (SSSR count). The van der Waals surface area contributed by atoms with E-state index in [1.807, 2.05) is 0 Å². The third-order valence-electron chi connectivity index (χ3n) is 15.1. The molecule has 0 saturated heterocycles. The maximum atomic E-state index is 19.4. The quantitative estimate of drug-likeness (QED) is 0.126. The predicted octanol–water partition coefficient (Wildman–Crippen LogP) is 18.2. The summed E-state index contributed by atoms with van der Waals surface area (Å²) in [5.74, 6) is 0. The average molecular weight is 1230 g/mol. The Bertz CT molecular complexity index is 7460. The lowest BCUT2D eigenvalue weighted by Crippen LogP contribution is -2.65. The van der Waals surface area contributed by atoms with Crippen LogP contribution in [0.5, 0.6) is 0 Å². The Kier molecular flexibility index (Phi) is 5.79. The first-order valence-electron chi connectivity index (χ1n) is 49.5. The fourth-order valence-corrected chi connectivity index (χ4v) is 13.2. The van der Waals surface area contributed by atoms with Gasteiger partial charge in [-0.25, -0.2) is 0 Å². The Morgan fingerprint density at radius 3 is 1.22 bits per heavy atom. The summed E-state index contributed by atoms with van der Waals surface area (Å²) in [6.45, 7) is -5.03. The minimum absolute atomic E-state index is 0.0648. The van der Waals surface area contributed by atoms with E-state index in [2.05, 4.69) is 0 Å². The van der Waals surface area contributed by atoms with E-state index in [9.17, 15) is 37.0 Å². The molecule has 13 aromatic rings. The average Bonchev–Trinajstić information content (AvgIpc) is 0.664. The van der Waals surface area contributed by atoms with E-state index in [1.165, 1.54) is 0 Å². The molecular formula is C79H52B2F3N5S. The lowest BCUT2D eigenvalue weighted by atomic mass is 9.30. The van der Waals surface area contributed by atoms with Crippen molar-refractivity contribution in [1.82, 2.24) is 0 Å². The van der Waals surface area contributed by atoms with Crippen LogP contribution >= 0.6 is 11.8 Å². The van der Waals surface area contributed by atoms with Crippen molar-refractivity contribution in [2.24, 2.45) is 0 Å². The molecule has 0 amide bonds. The zero-order chi connectivity index (χ0) is 100. The van der Waals surface area contributed by atoms with Crippen molar-refractivity contribution in [3.8, 4) is 11.1 Å². The van der Waals surface area contributed by atoms with Crippen LogP contribution in [0.1, 0.15) is 68.6 Å². The number of alkyl halides is 3. The van der Waals surface area contributed by atoms with E-state index in [1.54, 1.807) is 0 Å². The molecule has 0 bridgehead atoms. The Labute approximate surface area is 590 Å². The van der Waals surface area contributed by atoms with Gasteiger partial charge in [0.05, 0.1) is 85.7 Å². The molecule has 0 fully saturated rings. The molecule has 0 aliphatic carbocycles. The smallest absolute Gasteiger partial charge is 0.311 e. The van der Waals surface area contributed by atoms with Gasteiger partial charge in [0.2, 0.25) is 6.71 Å². The van der Waals surface area contributed by atoms with Crippen molar-refractivity contribution in [1.29, 1.82) is 0 Å². The first kappa shape index (κ1) is 24.3. The van der Waals surface area contributed by atoms with Crippen LogP contribution in [0.15, 0.2) is 324 Å². The fraction of sp³-hybridized carbons (Fsp3) is 0.0127. The van der Waals surface area contributed by atoms with Crippen LogP contribution in [0.2, 0.25) is 0 Å². The van der Waals surface area contributed by atoms with Crippen LogP contribution in [0.4, 0.5) is 98.5 Å². The van der Waals surface area contributed by atoms with E-state index < -0.39 is 442 Å². The second-order valence-electron chi connectivity index (χ2n) is 19.7. The van der Waals surface area contributed by atoms with Crippen LogP contribution in [-0.2, 0) is 6.18 Å². The van der Waals surface area contributed by atoms with Gasteiger partial charge >= 0.3 is 6.18 Å². The van der Waals surface area contributed by atoms with Gasteiger partial charge in [0, 0.05) is 83.6 Å². The van der Waals surface area contributed by atoms with E-state index >= 15 is 13.2 Å². The number of hydrogen-bond acceptors (Lipinski definition) is 6. The molecule has 4 aliphatic rings. The topological polar surface area (TPSA) is 16.2 Å². The van der Waals surface area contributed by atoms with Gasteiger partial charge < -0.3 is 24.5 Å². The van der Waals surface area contributed by atoms with Gasteiger partial charge in [-0.2, -0.15) is 13.2 Å². The lowest BCUT2D eigenvalue weighted by molar-refractivity contribution is -0.139. The van der Waals surface area contributed by atoms with Crippen molar-refractivity contribution in [3.05, 3.63) is 320 Å². The van der Waals surface area contributed by atoms with Gasteiger partial charge in [-0.15, -0.1) is 0 Å². The van der Waals surface area contributed by atoms with Crippen molar-refractivity contribution in [3.63, 3.8) is 0 Å². The van der Waals surface area contributed by atoms with Crippen molar-refractivity contribution in [2.45, 2.75) is 16.0 Å². The Morgan fingerprint density at radius 2 is 0.733 bits per heavy atom. The molecule has 0 N–H and O–H groups in total. The van der Waals surface area contributed by atoms with Crippen molar-refractivity contribution < 1.29 is 76.2 Å². The van der Waals surface area contributed by atoms with Crippen LogP contribution in [0.3, 0.4) is 0 Å². The maximum absolute atomic E-state index is 19.4. The van der Waals surface area contributed by atoms with Gasteiger partial charge in [-0.1, -0.05) is 217 Å². The zero-order valence-corrected chi connectivity index (χ0v) is 45.7. The summed E-state index contributed by atoms with van der Waals surface area (Å²) in [5.41, 5.74) is -26.5. The Balaban J connectivity index is 1.17. The highest BCUT2D eigenvalue weighted by Gasteiger charge is 2.53. The molecule has 5 nitrogen and oxygen atoms in total. The number of para-hydroxylation sites is 9. The molecule has 90 heavy (non-hydrogen) atoms. The van der Waals surface area contributed by atoms with E-state index in [0.717, 1.165) is 24.3 Å². The Hall–Kier alpha value is -10.9. The summed E-state index contributed by atoms with van der Waals surface area (Å²) >= 11 is -0.0648. The van der Waals surface area contributed by atoms with Crippen LogP contribution < -0.4 is 57.3 Å². The molecule has 4 aliphatic heterocycles. The highest BCUT2D eigenvalue weighted by molar-refractivity contribution is 8.00. The number of halogens is 3. The molecule has 426 valence electrons. The molecule has 0 aromatic heterocycles. The predicted molar refractivity (Wildman–Crippen MR) is 370 cm³/mol. The number of fused-ring (bicyclic) bond motifs is 8. The third kappa shape index (κ3) is 8.59. The summed E-state index contributed by atoms with van der Waals surface area (Å²) in [6, 6.07) is -52.6. The summed E-state index contributed by atoms with van der Waals surface area (Å²) in [5, 5.41) is 0. The second-order valence-corrected chi connectivity index (χ2v) is 20.7.